The van der Waals surface area contributed by atoms with Gasteiger partial charge in [-0.2, -0.15) is 5.10 Å². The number of benzene rings is 1. The molecule has 0 aliphatic rings. The third-order valence-electron chi connectivity index (χ3n) is 3.29. The zero-order valence-electron chi connectivity index (χ0n) is 11.8. The minimum Gasteiger partial charge on any atom is -0.367 e. The lowest BCUT2D eigenvalue weighted by molar-refractivity contribution is 0.0198. The van der Waals surface area contributed by atoms with E-state index in [4.69, 9.17) is 10.5 Å². The van der Waals surface area contributed by atoms with Crippen LogP contribution in [-0.4, -0.2) is 15.8 Å². The molecule has 4 nitrogen and oxygen atoms in total. The number of aromatic nitrogens is 2. The van der Waals surface area contributed by atoms with Gasteiger partial charge in [-0.25, -0.2) is 4.39 Å². The van der Waals surface area contributed by atoms with E-state index in [1.54, 1.807) is 29.1 Å². The average molecular weight is 277 g/mol. The molecule has 2 rings (SSSR count). The van der Waals surface area contributed by atoms with Crippen LogP contribution >= 0.6 is 0 Å². The van der Waals surface area contributed by atoms with Gasteiger partial charge in [0.15, 0.2) is 0 Å². The molecule has 0 saturated heterocycles. The van der Waals surface area contributed by atoms with Crippen molar-refractivity contribution >= 4 is 0 Å². The second-order valence-electron chi connectivity index (χ2n) is 4.84. The fourth-order valence-corrected chi connectivity index (χ4v) is 2.06. The number of ether oxygens (including phenoxy) is 1. The van der Waals surface area contributed by atoms with E-state index in [0.29, 0.717) is 5.56 Å². The zero-order chi connectivity index (χ0) is 14.5. The molecule has 108 valence electrons. The Labute approximate surface area is 118 Å². The molecule has 0 aliphatic heterocycles. The van der Waals surface area contributed by atoms with Crippen LogP contribution in [0.4, 0.5) is 4.39 Å². The number of halogens is 1. The van der Waals surface area contributed by atoms with E-state index >= 15 is 0 Å². The van der Waals surface area contributed by atoms with E-state index in [2.05, 4.69) is 5.10 Å². The summed E-state index contributed by atoms with van der Waals surface area (Å²) in [6, 6.07) is 6.45. The van der Waals surface area contributed by atoms with Gasteiger partial charge in [-0.05, 0) is 12.5 Å². The van der Waals surface area contributed by atoms with Crippen LogP contribution in [0.2, 0.25) is 0 Å². The van der Waals surface area contributed by atoms with Crippen molar-refractivity contribution in [3.05, 3.63) is 53.6 Å². The van der Waals surface area contributed by atoms with Crippen molar-refractivity contribution in [3.63, 3.8) is 0 Å². The zero-order valence-corrected chi connectivity index (χ0v) is 11.8. The normalized spacial score (nSPS) is 14.2. The molecular formula is C15H20FN3O. The molecule has 1 aromatic heterocycles. The summed E-state index contributed by atoms with van der Waals surface area (Å²) in [5, 5.41) is 4.13. The molecule has 1 aromatic carbocycles. The number of nitrogens with zero attached hydrogens (tertiary/aromatic N) is 2. The molecule has 5 heteroatoms. The maximum Gasteiger partial charge on any atom is 0.128 e. The Kier molecular flexibility index (Phi) is 4.87. The molecule has 2 aromatic rings. The minimum absolute atomic E-state index is 0.147. The molecule has 0 saturated carbocycles. The van der Waals surface area contributed by atoms with Gasteiger partial charge in [0, 0.05) is 30.4 Å². The van der Waals surface area contributed by atoms with E-state index in [0.717, 1.165) is 12.0 Å². The topological polar surface area (TPSA) is 53.1 Å². The molecule has 2 N–H and O–H groups in total. The Morgan fingerprint density at radius 3 is 2.75 bits per heavy atom. The number of nitrogens with two attached hydrogens (primary N) is 1. The van der Waals surface area contributed by atoms with Crippen LogP contribution in [0, 0.1) is 5.82 Å². The fraction of sp³-hybridized carbons (Fsp3) is 0.400. The van der Waals surface area contributed by atoms with Crippen LogP contribution < -0.4 is 5.73 Å². The predicted molar refractivity (Wildman–Crippen MR) is 75.4 cm³/mol. The maximum atomic E-state index is 13.6. The van der Waals surface area contributed by atoms with Crippen molar-refractivity contribution in [2.75, 3.05) is 0 Å². The average Bonchev–Trinajstić information content (AvgIpc) is 2.87. The second kappa shape index (κ2) is 6.63. The van der Waals surface area contributed by atoms with Gasteiger partial charge in [0.2, 0.25) is 0 Å². The Balaban J connectivity index is 2.11. The summed E-state index contributed by atoms with van der Waals surface area (Å²) in [4.78, 5) is 0. The van der Waals surface area contributed by atoms with Crippen LogP contribution in [0.5, 0.6) is 0 Å². The summed E-state index contributed by atoms with van der Waals surface area (Å²) in [5.74, 6) is -0.262. The van der Waals surface area contributed by atoms with Crippen LogP contribution in [0.25, 0.3) is 0 Å². The summed E-state index contributed by atoms with van der Waals surface area (Å²) >= 11 is 0. The van der Waals surface area contributed by atoms with Crippen molar-refractivity contribution in [1.82, 2.24) is 9.78 Å². The molecule has 2 atom stereocenters. The second-order valence-corrected chi connectivity index (χ2v) is 4.84. The molecule has 0 amide bonds. The first kappa shape index (κ1) is 14.7. The van der Waals surface area contributed by atoms with Gasteiger partial charge in [0.1, 0.15) is 11.9 Å². The van der Waals surface area contributed by atoms with E-state index in [1.807, 2.05) is 20.2 Å². The smallest absolute Gasteiger partial charge is 0.128 e. The molecule has 1 heterocycles. The standard InChI is InChI=1S/C15H20FN3O/c1-3-14(17)15(12-8-18-19(2)9-12)20-10-11-6-4-5-7-13(11)16/h4-9,14-15H,3,10,17H2,1-2H3. The number of hydrogen-bond acceptors (Lipinski definition) is 3. The van der Waals surface area contributed by atoms with Crippen molar-refractivity contribution in [1.29, 1.82) is 0 Å². The van der Waals surface area contributed by atoms with Crippen molar-refractivity contribution < 1.29 is 9.13 Å². The number of hydrogen-bond donors (Lipinski definition) is 1. The quantitative estimate of drug-likeness (QED) is 0.883. The van der Waals surface area contributed by atoms with Crippen LogP contribution in [0.15, 0.2) is 36.7 Å². The SMILES string of the molecule is CCC(N)C(OCc1ccccc1F)c1cnn(C)c1. The molecule has 0 bridgehead atoms. The summed E-state index contributed by atoms with van der Waals surface area (Å²) in [7, 11) is 1.84. The van der Waals surface area contributed by atoms with Crippen LogP contribution in [-0.2, 0) is 18.4 Å². The molecule has 20 heavy (non-hydrogen) atoms. The van der Waals surface area contributed by atoms with E-state index in [9.17, 15) is 4.39 Å². The van der Waals surface area contributed by atoms with Gasteiger partial charge < -0.3 is 10.5 Å². The number of rotatable bonds is 6. The lowest BCUT2D eigenvalue weighted by atomic mass is 10.0. The Morgan fingerprint density at radius 2 is 2.15 bits per heavy atom. The minimum atomic E-state index is -0.284. The number of aryl methyl sites for hydroxylation is 1. The largest absolute Gasteiger partial charge is 0.367 e. The maximum absolute atomic E-state index is 13.6. The fourth-order valence-electron chi connectivity index (χ4n) is 2.06. The molecule has 0 radical (unpaired) electrons. The molecular weight excluding hydrogens is 257 g/mol. The highest BCUT2D eigenvalue weighted by Gasteiger charge is 2.21. The van der Waals surface area contributed by atoms with Gasteiger partial charge in [-0.1, -0.05) is 25.1 Å². The molecule has 2 unspecified atom stereocenters. The molecule has 0 spiro atoms. The third kappa shape index (κ3) is 3.43. The first-order valence-corrected chi connectivity index (χ1v) is 6.71. The molecule has 0 fully saturated rings. The van der Waals surface area contributed by atoms with E-state index in [1.165, 1.54) is 6.07 Å². The Bertz CT molecular complexity index is 556. The first-order valence-electron chi connectivity index (χ1n) is 6.71. The summed E-state index contributed by atoms with van der Waals surface area (Å²) < 4.78 is 21.2. The van der Waals surface area contributed by atoms with Crippen molar-refractivity contribution in [3.8, 4) is 0 Å². The monoisotopic (exact) mass is 277 g/mol. The van der Waals surface area contributed by atoms with Gasteiger partial charge in [-0.3, -0.25) is 4.68 Å². The summed E-state index contributed by atoms with van der Waals surface area (Å²) in [5.41, 5.74) is 7.55. The van der Waals surface area contributed by atoms with E-state index in [-0.39, 0.29) is 24.6 Å². The summed E-state index contributed by atoms with van der Waals surface area (Å²) in [6.07, 6.45) is 4.10. The third-order valence-corrected chi connectivity index (χ3v) is 3.29. The van der Waals surface area contributed by atoms with Crippen molar-refractivity contribution in [2.45, 2.75) is 32.1 Å². The summed E-state index contributed by atoms with van der Waals surface area (Å²) in [6.45, 7) is 2.19. The Hall–Kier alpha value is -1.72. The first-order chi connectivity index (χ1) is 9.61. The van der Waals surface area contributed by atoms with E-state index < -0.39 is 0 Å². The highest BCUT2D eigenvalue weighted by atomic mass is 19.1. The lowest BCUT2D eigenvalue weighted by Crippen LogP contribution is -2.29. The van der Waals surface area contributed by atoms with Crippen LogP contribution in [0.3, 0.4) is 0 Å². The van der Waals surface area contributed by atoms with Gasteiger partial charge >= 0.3 is 0 Å². The molecule has 0 aliphatic carbocycles. The van der Waals surface area contributed by atoms with Crippen LogP contribution in [0.1, 0.15) is 30.6 Å². The Morgan fingerprint density at radius 1 is 1.40 bits per heavy atom. The van der Waals surface area contributed by atoms with Gasteiger partial charge in [0.05, 0.1) is 12.8 Å². The predicted octanol–water partition coefficient (Wildman–Crippen LogP) is 2.55. The highest BCUT2D eigenvalue weighted by molar-refractivity contribution is 5.17. The van der Waals surface area contributed by atoms with Crippen molar-refractivity contribution in [2.24, 2.45) is 12.8 Å². The van der Waals surface area contributed by atoms with Gasteiger partial charge in [0.25, 0.3) is 0 Å². The highest BCUT2D eigenvalue weighted by Crippen LogP contribution is 2.23. The lowest BCUT2D eigenvalue weighted by Gasteiger charge is -2.22. The van der Waals surface area contributed by atoms with Gasteiger partial charge in [-0.15, -0.1) is 0 Å².